The van der Waals surface area contributed by atoms with Gasteiger partial charge >= 0.3 is 0 Å². The van der Waals surface area contributed by atoms with Crippen LogP contribution in [0.3, 0.4) is 0 Å². The fourth-order valence-electron chi connectivity index (χ4n) is 2.07. The molecule has 0 saturated carbocycles. The molecular formula is C12H18BrN5O. The van der Waals surface area contributed by atoms with Crippen LogP contribution in [0, 0.1) is 0 Å². The maximum atomic E-state index is 12.2. The molecule has 1 fully saturated rings. The van der Waals surface area contributed by atoms with Crippen molar-refractivity contribution in [3.8, 4) is 0 Å². The first-order valence-corrected chi connectivity index (χ1v) is 7.16. The molecule has 1 aromatic rings. The van der Waals surface area contributed by atoms with Crippen LogP contribution in [0.25, 0.3) is 0 Å². The van der Waals surface area contributed by atoms with Crippen LogP contribution in [0.15, 0.2) is 10.7 Å². The predicted molar refractivity (Wildman–Crippen MR) is 78.2 cm³/mol. The van der Waals surface area contributed by atoms with Crippen LogP contribution < -0.4 is 10.6 Å². The van der Waals surface area contributed by atoms with Crippen molar-refractivity contribution >= 4 is 33.6 Å². The van der Waals surface area contributed by atoms with Crippen molar-refractivity contribution < 1.29 is 4.79 Å². The van der Waals surface area contributed by atoms with E-state index in [4.69, 9.17) is 0 Å². The average Bonchev–Trinajstić information content (AvgIpc) is 2.94. The van der Waals surface area contributed by atoms with Gasteiger partial charge in [0.1, 0.15) is 11.9 Å². The minimum atomic E-state index is -0.297. The first-order valence-electron chi connectivity index (χ1n) is 6.37. The Morgan fingerprint density at radius 1 is 1.47 bits per heavy atom. The van der Waals surface area contributed by atoms with Crippen LogP contribution in [-0.4, -0.2) is 47.0 Å². The number of aromatic nitrogens is 2. The highest BCUT2D eigenvalue weighted by Gasteiger charge is 2.23. The molecule has 19 heavy (non-hydrogen) atoms. The fourth-order valence-corrected chi connectivity index (χ4v) is 2.37. The molecule has 1 unspecified atom stereocenters. The van der Waals surface area contributed by atoms with E-state index in [1.807, 2.05) is 11.8 Å². The van der Waals surface area contributed by atoms with E-state index in [0.717, 1.165) is 30.4 Å². The normalized spacial score (nSPS) is 16.3. The van der Waals surface area contributed by atoms with E-state index in [9.17, 15) is 4.79 Å². The Bertz CT molecular complexity index is 461. The monoisotopic (exact) mass is 327 g/mol. The Balaban J connectivity index is 2.05. The summed E-state index contributed by atoms with van der Waals surface area (Å²) in [6, 6.07) is -0.297. The summed E-state index contributed by atoms with van der Waals surface area (Å²) in [6.45, 7) is 3.57. The van der Waals surface area contributed by atoms with Gasteiger partial charge in [0, 0.05) is 26.3 Å². The van der Waals surface area contributed by atoms with Crippen molar-refractivity contribution in [1.82, 2.24) is 14.9 Å². The summed E-state index contributed by atoms with van der Waals surface area (Å²) in [5, 5.41) is 6.01. The highest BCUT2D eigenvalue weighted by molar-refractivity contribution is 9.10. The number of halogens is 1. The molecule has 7 heteroatoms. The predicted octanol–water partition coefficient (Wildman–Crippen LogP) is 1.70. The van der Waals surface area contributed by atoms with Gasteiger partial charge in [-0.05, 0) is 35.7 Å². The third-order valence-electron chi connectivity index (χ3n) is 3.11. The van der Waals surface area contributed by atoms with Crippen LogP contribution in [0.5, 0.6) is 0 Å². The SMILES string of the molecule is CNc1ncc(Br)c(NC(C)C(=O)N2CCCC2)n1. The van der Waals surface area contributed by atoms with E-state index >= 15 is 0 Å². The largest absolute Gasteiger partial charge is 0.358 e. The Labute approximate surface area is 121 Å². The quantitative estimate of drug-likeness (QED) is 0.880. The van der Waals surface area contributed by atoms with E-state index in [0.29, 0.717) is 11.8 Å². The van der Waals surface area contributed by atoms with Crippen molar-refractivity contribution in [2.24, 2.45) is 0 Å². The second kappa shape index (κ2) is 6.18. The Morgan fingerprint density at radius 2 is 2.16 bits per heavy atom. The summed E-state index contributed by atoms with van der Waals surface area (Å²) in [4.78, 5) is 22.5. The van der Waals surface area contributed by atoms with Crippen molar-refractivity contribution in [3.63, 3.8) is 0 Å². The van der Waals surface area contributed by atoms with Gasteiger partial charge in [-0.2, -0.15) is 4.98 Å². The summed E-state index contributed by atoms with van der Waals surface area (Å²) >= 11 is 3.38. The number of hydrogen-bond acceptors (Lipinski definition) is 5. The molecule has 1 aliphatic rings. The minimum absolute atomic E-state index is 0.119. The van der Waals surface area contributed by atoms with E-state index < -0.39 is 0 Å². The standard InChI is InChI=1S/C12H18BrN5O/c1-8(11(19)18-5-3-4-6-18)16-10-9(13)7-15-12(14-2)17-10/h7-8H,3-6H2,1-2H3,(H2,14,15,16,17). The van der Waals surface area contributed by atoms with Gasteiger partial charge in [-0.15, -0.1) is 0 Å². The molecule has 1 aromatic heterocycles. The molecule has 0 spiro atoms. The lowest BCUT2D eigenvalue weighted by Gasteiger charge is -2.21. The molecule has 104 valence electrons. The van der Waals surface area contributed by atoms with E-state index in [-0.39, 0.29) is 11.9 Å². The lowest BCUT2D eigenvalue weighted by molar-refractivity contribution is -0.130. The highest BCUT2D eigenvalue weighted by Crippen LogP contribution is 2.21. The summed E-state index contributed by atoms with van der Waals surface area (Å²) in [5.74, 6) is 1.26. The molecule has 1 aliphatic heterocycles. The number of amides is 1. The minimum Gasteiger partial charge on any atom is -0.358 e. The molecule has 2 rings (SSSR count). The van der Waals surface area contributed by atoms with Crippen LogP contribution >= 0.6 is 15.9 Å². The molecule has 1 amide bonds. The van der Waals surface area contributed by atoms with Gasteiger partial charge in [0.25, 0.3) is 0 Å². The maximum absolute atomic E-state index is 12.2. The van der Waals surface area contributed by atoms with Crippen LogP contribution in [0.4, 0.5) is 11.8 Å². The summed E-state index contributed by atoms with van der Waals surface area (Å²) < 4.78 is 0.743. The van der Waals surface area contributed by atoms with E-state index in [2.05, 4.69) is 36.5 Å². The van der Waals surface area contributed by atoms with Crippen molar-refractivity contribution in [2.75, 3.05) is 30.8 Å². The fraction of sp³-hybridized carbons (Fsp3) is 0.583. The molecule has 1 saturated heterocycles. The van der Waals surface area contributed by atoms with Gasteiger partial charge in [0.05, 0.1) is 4.47 Å². The molecule has 0 radical (unpaired) electrons. The molecule has 6 nitrogen and oxygen atoms in total. The summed E-state index contributed by atoms with van der Waals surface area (Å²) in [6.07, 6.45) is 3.85. The van der Waals surface area contributed by atoms with Crippen LogP contribution in [0.1, 0.15) is 19.8 Å². The number of rotatable bonds is 4. The van der Waals surface area contributed by atoms with Crippen LogP contribution in [-0.2, 0) is 4.79 Å². The van der Waals surface area contributed by atoms with Gasteiger partial charge in [-0.3, -0.25) is 4.79 Å². The number of likely N-dealkylation sites (tertiary alicyclic amines) is 1. The number of carbonyl (C=O) groups is 1. The zero-order chi connectivity index (χ0) is 13.8. The molecule has 1 atom stereocenters. The van der Waals surface area contributed by atoms with E-state index in [1.165, 1.54) is 0 Å². The maximum Gasteiger partial charge on any atom is 0.244 e. The second-order valence-corrected chi connectivity index (χ2v) is 5.39. The highest BCUT2D eigenvalue weighted by atomic mass is 79.9. The Morgan fingerprint density at radius 3 is 2.79 bits per heavy atom. The number of nitrogens with zero attached hydrogens (tertiary/aromatic N) is 3. The second-order valence-electron chi connectivity index (χ2n) is 4.54. The molecule has 2 heterocycles. The molecule has 0 aromatic carbocycles. The number of carbonyl (C=O) groups excluding carboxylic acids is 1. The Kier molecular flexibility index (Phi) is 4.57. The van der Waals surface area contributed by atoms with E-state index in [1.54, 1.807) is 13.2 Å². The zero-order valence-electron chi connectivity index (χ0n) is 11.1. The van der Waals surface area contributed by atoms with Gasteiger partial charge in [-0.1, -0.05) is 0 Å². The smallest absolute Gasteiger partial charge is 0.244 e. The lowest BCUT2D eigenvalue weighted by Crippen LogP contribution is -2.39. The third kappa shape index (κ3) is 3.34. The molecule has 0 bridgehead atoms. The average molecular weight is 328 g/mol. The topological polar surface area (TPSA) is 70.2 Å². The summed E-state index contributed by atoms with van der Waals surface area (Å²) in [5.41, 5.74) is 0. The van der Waals surface area contributed by atoms with Crippen molar-refractivity contribution in [1.29, 1.82) is 0 Å². The summed E-state index contributed by atoms with van der Waals surface area (Å²) in [7, 11) is 1.76. The van der Waals surface area contributed by atoms with Crippen molar-refractivity contribution in [3.05, 3.63) is 10.7 Å². The third-order valence-corrected chi connectivity index (χ3v) is 3.69. The molecular weight excluding hydrogens is 310 g/mol. The first-order chi connectivity index (χ1) is 9.11. The van der Waals surface area contributed by atoms with Gasteiger partial charge in [0.15, 0.2) is 0 Å². The first kappa shape index (κ1) is 14.0. The number of anilines is 2. The van der Waals surface area contributed by atoms with Gasteiger partial charge < -0.3 is 15.5 Å². The number of nitrogens with one attached hydrogen (secondary N) is 2. The van der Waals surface area contributed by atoms with Crippen LogP contribution in [0.2, 0.25) is 0 Å². The molecule has 2 N–H and O–H groups in total. The Hall–Kier alpha value is -1.37. The molecule has 0 aliphatic carbocycles. The van der Waals surface area contributed by atoms with Gasteiger partial charge in [-0.25, -0.2) is 4.98 Å². The number of hydrogen-bond donors (Lipinski definition) is 2. The zero-order valence-corrected chi connectivity index (χ0v) is 12.7. The van der Waals surface area contributed by atoms with Gasteiger partial charge in [0.2, 0.25) is 11.9 Å². The van der Waals surface area contributed by atoms with Crippen molar-refractivity contribution in [2.45, 2.75) is 25.8 Å². The lowest BCUT2D eigenvalue weighted by atomic mass is 10.3.